The predicted octanol–water partition coefficient (Wildman–Crippen LogP) is 1.56. The Balaban J connectivity index is 1.91. The van der Waals surface area contributed by atoms with Crippen LogP contribution in [0.15, 0.2) is 12.2 Å². The molecule has 0 aromatic heterocycles. The summed E-state index contributed by atoms with van der Waals surface area (Å²) in [5.74, 6) is -0.754. The van der Waals surface area contributed by atoms with Gasteiger partial charge in [-0.15, -0.1) is 0 Å². The van der Waals surface area contributed by atoms with Gasteiger partial charge in [-0.25, -0.2) is 4.79 Å². The third-order valence-corrected chi connectivity index (χ3v) is 3.98. The van der Waals surface area contributed by atoms with Crippen molar-refractivity contribution in [2.75, 3.05) is 26.2 Å². The van der Waals surface area contributed by atoms with E-state index < -0.39 is 11.4 Å². The van der Waals surface area contributed by atoms with E-state index in [1.165, 1.54) is 0 Å². The maximum absolute atomic E-state index is 12.2. The van der Waals surface area contributed by atoms with E-state index in [-0.39, 0.29) is 6.03 Å². The summed E-state index contributed by atoms with van der Waals surface area (Å²) in [5.41, 5.74) is -0.668. The average Bonchev–Trinajstić information content (AvgIpc) is 2.40. The molecule has 1 saturated heterocycles. The van der Waals surface area contributed by atoms with Crippen molar-refractivity contribution in [1.29, 1.82) is 0 Å². The molecule has 2 heterocycles. The molecule has 0 aliphatic carbocycles. The number of carboxylic acids is 1. The van der Waals surface area contributed by atoms with E-state index in [1.54, 1.807) is 11.8 Å². The second-order valence-corrected chi connectivity index (χ2v) is 5.34. The van der Waals surface area contributed by atoms with Crippen molar-refractivity contribution in [1.82, 2.24) is 9.80 Å². The normalized spacial score (nSPS) is 22.9. The molecular weight excluding hydrogens is 232 g/mol. The van der Waals surface area contributed by atoms with Crippen molar-refractivity contribution in [3.63, 3.8) is 0 Å². The number of hydrogen-bond acceptors (Lipinski definition) is 2. The smallest absolute Gasteiger partial charge is 0.320 e. The highest BCUT2D eigenvalue weighted by molar-refractivity contribution is 5.77. The number of carboxylic acid groups (broad SMARTS) is 1. The molecule has 0 aromatic carbocycles. The Hall–Kier alpha value is -1.52. The molecule has 0 spiro atoms. The molecular formula is C13H20N2O3. The standard InChI is InChI=1S/C13H20N2O3/c1-13(11(16)17)5-9-15(10-6-13)12(18)14-7-3-2-4-8-14/h2-3H,4-10H2,1H3,(H,16,17). The summed E-state index contributed by atoms with van der Waals surface area (Å²) in [7, 11) is 0. The predicted molar refractivity (Wildman–Crippen MR) is 67.3 cm³/mol. The van der Waals surface area contributed by atoms with E-state index in [2.05, 4.69) is 6.08 Å². The van der Waals surface area contributed by atoms with Crippen LogP contribution in [-0.2, 0) is 4.79 Å². The Morgan fingerprint density at radius 3 is 2.28 bits per heavy atom. The summed E-state index contributed by atoms with van der Waals surface area (Å²) >= 11 is 0. The summed E-state index contributed by atoms with van der Waals surface area (Å²) in [6.07, 6.45) is 6.08. The van der Waals surface area contributed by atoms with Crippen molar-refractivity contribution < 1.29 is 14.7 Å². The lowest BCUT2D eigenvalue weighted by atomic mass is 9.80. The number of amides is 2. The molecule has 0 aromatic rings. The topological polar surface area (TPSA) is 60.9 Å². The molecule has 2 aliphatic rings. The zero-order chi connectivity index (χ0) is 13.2. The van der Waals surface area contributed by atoms with Crippen LogP contribution in [0.1, 0.15) is 26.2 Å². The Morgan fingerprint density at radius 2 is 1.78 bits per heavy atom. The first kappa shape index (κ1) is 12.9. The largest absolute Gasteiger partial charge is 0.481 e. The van der Waals surface area contributed by atoms with Gasteiger partial charge in [-0.05, 0) is 26.2 Å². The van der Waals surface area contributed by atoms with Crippen molar-refractivity contribution in [2.24, 2.45) is 5.41 Å². The van der Waals surface area contributed by atoms with E-state index in [9.17, 15) is 9.59 Å². The highest BCUT2D eigenvalue weighted by Gasteiger charge is 2.38. The molecule has 18 heavy (non-hydrogen) atoms. The van der Waals surface area contributed by atoms with Crippen molar-refractivity contribution in [2.45, 2.75) is 26.2 Å². The number of rotatable bonds is 1. The minimum Gasteiger partial charge on any atom is -0.481 e. The van der Waals surface area contributed by atoms with Crippen molar-refractivity contribution >= 4 is 12.0 Å². The molecule has 5 nitrogen and oxygen atoms in total. The van der Waals surface area contributed by atoms with E-state index in [0.717, 1.165) is 13.0 Å². The van der Waals surface area contributed by atoms with Gasteiger partial charge in [0, 0.05) is 26.2 Å². The monoisotopic (exact) mass is 252 g/mol. The maximum Gasteiger partial charge on any atom is 0.320 e. The van der Waals surface area contributed by atoms with Crippen LogP contribution in [0.4, 0.5) is 4.79 Å². The molecule has 1 fully saturated rings. The fourth-order valence-corrected chi connectivity index (χ4v) is 2.42. The zero-order valence-electron chi connectivity index (χ0n) is 10.8. The SMILES string of the molecule is CC1(C(=O)O)CCN(C(=O)N2CC=CCC2)CC1. The minimum absolute atomic E-state index is 0.0480. The number of carbonyl (C=O) groups is 2. The van der Waals surface area contributed by atoms with Crippen molar-refractivity contribution in [3.8, 4) is 0 Å². The van der Waals surface area contributed by atoms with E-state index >= 15 is 0 Å². The van der Waals surface area contributed by atoms with Gasteiger partial charge in [0.15, 0.2) is 0 Å². The number of urea groups is 1. The number of aliphatic carboxylic acids is 1. The number of carbonyl (C=O) groups excluding carboxylic acids is 1. The number of piperidine rings is 1. The lowest BCUT2D eigenvalue weighted by Crippen LogP contribution is -2.50. The number of likely N-dealkylation sites (tertiary alicyclic amines) is 1. The lowest BCUT2D eigenvalue weighted by molar-refractivity contribution is -0.150. The Bertz CT molecular complexity index is 370. The van der Waals surface area contributed by atoms with Gasteiger partial charge in [0.2, 0.25) is 0 Å². The molecule has 0 atom stereocenters. The molecule has 0 unspecified atom stereocenters. The summed E-state index contributed by atoms with van der Waals surface area (Å²) in [4.78, 5) is 26.9. The van der Waals surface area contributed by atoms with Gasteiger partial charge in [-0.1, -0.05) is 12.2 Å². The molecule has 0 radical (unpaired) electrons. The van der Waals surface area contributed by atoms with Gasteiger partial charge in [0.1, 0.15) is 0 Å². The molecule has 1 N–H and O–H groups in total. The van der Waals surface area contributed by atoms with Crippen LogP contribution in [0, 0.1) is 5.41 Å². The molecule has 2 aliphatic heterocycles. The average molecular weight is 252 g/mol. The van der Waals surface area contributed by atoms with E-state index in [4.69, 9.17) is 5.11 Å². The first-order chi connectivity index (χ1) is 8.53. The number of nitrogens with zero attached hydrogens (tertiary/aromatic N) is 2. The van der Waals surface area contributed by atoms with Gasteiger partial charge in [0.25, 0.3) is 0 Å². The van der Waals surface area contributed by atoms with E-state index in [1.807, 2.05) is 11.0 Å². The summed E-state index contributed by atoms with van der Waals surface area (Å²) in [5, 5.41) is 9.15. The van der Waals surface area contributed by atoms with Gasteiger partial charge in [-0.3, -0.25) is 4.79 Å². The maximum atomic E-state index is 12.2. The van der Waals surface area contributed by atoms with Gasteiger partial charge >= 0.3 is 12.0 Å². The Kier molecular flexibility index (Phi) is 3.59. The third kappa shape index (κ3) is 2.49. The molecule has 2 rings (SSSR count). The third-order valence-electron chi connectivity index (χ3n) is 3.98. The summed E-state index contributed by atoms with van der Waals surface area (Å²) < 4.78 is 0. The van der Waals surface area contributed by atoms with Gasteiger partial charge in [0.05, 0.1) is 5.41 Å². The highest BCUT2D eigenvalue weighted by atomic mass is 16.4. The Morgan fingerprint density at radius 1 is 1.11 bits per heavy atom. The minimum atomic E-state index is -0.754. The fourth-order valence-electron chi connectivity index (χ4n) is 2.42. The summed E-state index contributed by atoms with van der Waals surface area (Å²) in [6, 6.07) is 0.0480. The number of hydrogen-bond donors (Lipinski definition) is 1. The van der Waals surface area contributed by atoms with Crippen LogP contribution in [0.5, 0.6) is 0 Å². The van der Waals surface area contributed by atoms with Gasteiger partial charge in [-0.2, -0.15) is 0 Å². The van der Waals surface area contributed by atoms with Crippen LogP contribution in [-0.4, -0.2) is 53.1 Å². The Labute approximate surface area is 107 Å². The highest BCUT2D eigenvalue weighted by Crippen LogP contribution is 2.31. The van der Waals surface area contributed by atoms with Crippen LogP contribution < -0.4 is 0 Å². The fraction of sp³-hybridized carbons (Fsp3) is 0.692. The van der Waals surface area contributed by atoms with Crippen LogP contribution in [0.2, 0.25) is 0 Å². The van der Waals surface area contributed by atoms with Crippen LogP contribution in [0.25, 0.3) is 0 Å². The first-order valence-electron chi connectivity index (χ1n) is 6.45. The van der Waals surface area contributed by atoms with Crippen LogP contribution in [0.3, 0.4) is 0 Å². The summed E-state index contributed by atoms with van der Waals surface area (Å²) in [6.45, 7) is 4.29. The second kappa shape index (κ2) is 5.00. The molecule has 0 saturated carbocycles. The van der Waals surface area contributed by atoms with Crippen LogP contribution >= 0.6 is 0 Å². The van der Waals surface area contributed by atoms with Gasteiger partial charge < -0.3 is 14.9 Å². The molecule has 5 heteroatoms. The molecule has 0 bridgehead atoms. The lowest BCUT2D eigenvalue weighted by Gasteiger charge is -2.39. The van der Waals surface area contributed by atoms with Crippen molar-refractivity contribution in [3.05, 3.63) is 12.2 Å². The molecule has 100 valence electrons. The van der Waals surface area contributed by atoms with E-state index in [0.29, 0.717) is 32.5 Å². The molecule has 2 amide bonds. The first-order valence-corrected chi connectivity index (χ1v) is 6.45. The quantitative estimate of drug-likeness (QED) is 0.720. The zero-order valence-corrected chi connectivity index (χ0v) is 10.8. The second-order valence-electron chi connectivity index (χ2n) is 5.34.